The Labute approximate surface area is 77.7 Å². The predicted octanol–water partition coefficient (Wildman–Crippen LogP) is 2.17. The highest BCUT2D eigenvalue weighted by molar-refractivity contribution is 5.36. The molecule has 72 valence electrons. The lowest BCUT2D eigenvalue weighted by Crippen LogP contribution is -1.92. The van der Waals surface area contributed by atoms with Gasteiger partial charge in [0, 0.05) is 0 Å². The van der Waals surface area contributed by atoms with Crippen LogP contribution in [0.15, 0.2) is 23.0 Å². The first-order valence-electron chi connectivity index (χ1n) is 4.50. The molecule has 13 heavy (non-hydrogen) atoms. The SMILES string of the molecule is O=COCCCCCc1ccoc1. The molecule has 0 unspecified atom stereocenters. The van der Waals surface area contributed by atoms with Crippen molar-refractivity contribution < 1.29 is 13.9 Å². The summed E-state index contributed by atoms with van der Waals surface area (Å²) < 4.78 is 9.51. The second-order valence-electron chi connectivity index (χ2n) is 2.91. The first kappa shape index (κ1) is 9.84. The highest BCUT2D eigenvalue weighted by atomic mass is 16.5. The lowest BCUT2D eigenvalue weighted by molar-refractivity contribution is -0.128. The Hall–Kier alpha value is -1.25. The number of rotatable bonds is 7. The summed E-state index contributed by atoms with van der Waals surface area (Å²) in [5.41, 5.74) is 1.23. The third-order valence-electron chi connectivity index (χ3n) is 1.88. The average Bonchev–Trinajstić information content (AvgIpc) is 2.63. The van der Waals surface area contributed by atoms with E-state index in [2.05, 4.69) is 4.74 Å². The Kier molecular flexibility index (Phi) is 4.76. The average molecular weight is 182 g/mol. The maximum Gasteiger partial charge on any atom is 0.293 e. The van der Waals surface area contributed by atoms with Gasteiger partial charge in [0.05, 0.1) is 19.1 Å². The number of hydrogen-bond acceptors (Lipinski definition) is 3. The van der Waals surface area contributed by atoms with Crippen molar-refractivity contribution >= 4 is 6.47 Å². The van der Waals surface area contributed by atoms with Crippen LogP contribution in [0.3, 0.4) is 0 Å². The molecule has 0 spiro atoms. The minimum absolute atomic E-state index is 0.496. The van der Waals surface area contributed by atoms with Gasteiger partial charge in [0.15, 0.2) is 0 Å². The van der Waals surface area contributed by atoms with Crippen molar-refractivity contribution in [3.05, 3.63) is 24.2 Å². The van der Waals surface area contributed by atoms with Gasteiger partial charge in [-0.15, -0.1) is 0 Å². The number of ether oxygens (including phenoxy) is 1. The van der Waals surface area contributed by atoms with Gasteiger partial charge in [-0.25, -0.2) is 0 Å². The van der Waals surface area contributed by atoms with Crippen molar-refractivity contribution in [3.8, 4) is 0 Å². The van der Waals surface area contributed by atoms with E-state index in [-0.39, 0.29) is 0 Å². The van der Waals surface area contributed by atoms with Gasteiger partial charge < -0.3 is 9.15 Å². The Balaban J connectivity index is 1.93. The summed E-state index contributed by atoms with van der Waals surface area (Å²) in [6.45, 7) is 1.03. The Morgan fingerprint density at radius 3 is 3.00 bits per heavy atom. The fourth-order valence-electron chi connectivity index (χ4n) is 1.17. The van der Waals surface area contributed by atoms with Crippen LogP contribution >= 0.6 is 0 Å². The zero-order chi connectivity index (χ0) is 9.36. The van der Waals surface area contributed by atoms with Gasteiger partial charge in [-0.05, 0) is 37.3 Å². The fraction of sp³-hybridized carbons (Fsp3) is 0.500. The van der Waals surface area contributed by atoms with E-state index < -0.39 is 0 Å². The molecule has 1 heterocycles. The third-order valence-corrected chi connectivity index (χ3v) is 1.88. The Bertz CT molecular complexity index is 216. The molecule has 0 aliphatic carbocycles. The van der Waals surface area contributed by atoms with Crippen LogP contribution in [-0.2, 0) is 16.0 Å². The minimum atomic E-state index is 0.496. The summed E-state index contributed by atoms with van der Waals surface area (Å²) in [5.74, 6) is 0. The second kappa shape index (κ2) is 6.29. The summed E-state index contributed by atoms with van der Waals surface area (Å²) in [5, 5.41) is 0. The van der Waals surface area contributed by atoms with Crippen LogP contribution in [-0.4, -0.2) is 13.1 Å². The molecule has 0 aliphatic rings. The first-order valence-corrected chi connectivity index (χ1v) is 4.50. The van der Waals surface area contributed by atoms with Crippen molar-refractivity contribution in [2.24, 2.45) is 0 Å². The minimum Gasteiger partial charge on any atom is -0.472 e. The summed E-state index contributed by atoms with van der Waals surface area (Å²) in [6.07, 6.45) is 7.63. The lowest BCUT2D eigenvalue weighted by atomic mass is 10.1. The molecule has 0 N–H and O–H groups in total. The van der Waals surface area contributed by atoms with Crippen molar-refractivity contribution in [2.75, 3.05) is 6.61 Å². The van der Waals surface area contributed by atoms with Gasteiger partial charge in [-0.1, -0.05) is 0 Å². The number of hydrogen-bond donors (Lipinski definition) is 0. The number of carbonyl (C=O) groups excluding carboxylic acids is 1. The summed E-state index contributed by atoms with van der Waals surface area (Å²) in [4.78, 5) is 9.79. The van der Waals surface area contributed by atoms with Crippen LogP contribution < -0.4 is 0 Å². The zero-order valence-electron chi connectivity index (χ0n) is 7.57. The normalized spacial score (nSPS) is 9.85. The number of aryl methyl sites for hydroxylation is 1. The molecule has 0 aromatic carbocycles. The van der Waals surface area contributed by atoms with Gasteiger partial charge in [0.2, 0.25) is 0 Å². The molecule has 1 aromatic heterocycles. The molecule has 3 nitrogen and oxygen atoms in total. The largest absolute Gasteiger partial charge is 0.472 e. The zero-order valence-corrected chi connectivity index (χ0v) is 7.57. The van der Waals surface area contributed by atoms with Crippen LogP contribution in [0.2, 0.25) is 0 Å². The maximum absolute atomic E-state index is 9.79. The molecule has 0 fully saturated rings. The van der Waals surface area contributed by atoms with Crippen molar-refractivity contribution in [2.45, 2.75) is 25.7 Å². The monoisotopic (exact) mass is 182 g/mol. The molecule has 0 radical (unpaired) electrons. The topological polar surface area (TPSA) is 39.4 Å². The molecular formula is C10H14O3. The smallest absolute Gasteiger partial charge is 0.293 e. The van der Waals surface area contributed by atoms with E-state index in [4.69, 9.17) is 4.42 Å². The number of furan rings is 1. The van der Waals surface area contributed by atoms with E-state index >= 15 is 0 Å². The van der Waals surface area contributed by atoms with Crippen LogP contribution in [0, 0.1) is 0 Å². The molecule has 0 aliphatic heterocycles. The van der Waals surface area contributed by atoms with Gasteiger partial charge in [0.25, 0.3) is 6.47 Å². The van der Waals surface area contributed by atoms with E-state index in [1.54, 1.807) is 12.5 Å². The van der Waals surface area contributed by atoms with E-state index in [0.29, 0.717) is 13.1 Å². The number of unbranched alkanes of at least 4 members (excludes halogenated alkanes) is 2. The molecule has 1 aromatic rings. The maximum atomic E-state index is 9.79. The predicted molar refractivity (Wildman–Crippen MR) is 48.3 cm³/mol. The van der Waals surface area contributed by atoms with Crippen LogP contribution in [0.25, 0.3) is 0 Å². The van der Waals surface area contributed by atoms with E-state index in [0.717, 1.165) is 25.7 Å². The third kappa shape index (κ3) is 4.35. The Morgan fingerprint density at radius 2 is 2.31 bits per heavy atom. The molecule has 3 heteroatoms. The number of carbonyl (C=O) groups is 1. The molecule has 0 saturated heterocycles. The quantitative estimate of drug-likeness (QED) is 0.479. The van der Waals surface area contributed by atoms with Gasteiger partial charge in [-0.3, -0.25) is 4.79 Å². The molecular weight excluding hydrogens is 168 g/mol. The Morgan fingerprint density at radius 1 is 1.38 bits per heavy atom. The van der Waals surface area contributed by atoms with E-state index in [9.17, 15) is 4.79 Å². The van der Waals surface area contributed by atoms with Crippen molar-refractivity contribution in [1.82, 2.24) is 0 Å². The summed E-state index contributed by atoms with van der Waals surface area (Å²) >= 11 is 0. The van der Waals surface area contributed by atoms with E-state index in [1.165, 1.54) is 5.56 Å². The van der Waals surface area contributed by atoms with Crippen LogP contribution in [0.4, 0.5) is 0 Å². The fourth-order valence-corrected chi connectivity index (χ4v) is 1.17. The van der Waals surface area contributed by atoms with Crippen LogP contribution in [0.5, 0.6) is 0 Å². The van der Waals surface area contributed by atoms with Crippen molar-refractivity contribution in [1.29, 1.82) is 0 Å². The standard InChI is InChI=1S/C10H14O3/c11-9-13-6-3-1-2-4-10-5-7-12-8-10/h5,7-9H,1-4,6H2. The second-order valence-corrected chi connectivity index (χ2v) is 2.91. The first-order chi connectivity index (χ1) is 6.43. The van der Waals surface area contributed by atoms with Crippen LogP contribution in [0.1, 0.15) is 24.8 Å². The molecule has 0 saturated carbocycles. The molecule has 1 rings (SSSR count). The van der Waals surface area contributed by atoms with Gasteiger partial charge >= 0.3 is 0 Å². The lowest BCUT2D eigenvalue weighted by Gasteiger charge is -1.98. The van der Waals surface area contributed by atoms with Gasteiger partial charge in [0.1, 0.15) is 0 Å². The molecule has 0 atom stereocenters. The summed E-state index contributed by atoms with van der Waals surface area (Å²) in [7, 11) is 0. The highest BCUT2D eigenvalue weighted by Gasteiger charge is 1.94. The molecule has 0 bridgehead atoms. The molecule has 0 amide bonds. The summed E-state index contributed by atoms with van der Waals surface area (Å²) in [6, 6.07) is 1.97. The van der Waals surface area contributed by atoms with Gasteiger partial charge in [-0.2, -0.15) is 0 Å². The van der Waals surface area contributed by atoms with Crippen molar-refractivity contribution in [3.63, 3.8) is 0 Å². The van der Waals surface area contributed by atoms with E-state index in [1.807, 2.05) is 6.07 Å². The highest BCUT2D eigenvalue weighted by Crippen LogP contribution is 2.06.